The molecular formula is C25H27ClN2O6. The molecule has 2 fully saturated rings. The molecule has 180 valence electrons. The van der Waals surface area contributed by atoms with Crippen molar-refractivity contribution in [1.82, 2.24) is 9.80 Å². The number of benzene rings is 2. The molecule has 0 aromatic heterocycles. The zero-order valence-corrected chi connectivity index (χ0v) is 19.6. The molecule has 0 radical (unpaired) electrons. The van der Waals surface area contributed by atoms with E-state index >= 15 is 0 Å². The molecule has 2 aromatic rings. The third-order valence-corrected chi connectivity index (χ3v) is 6.27. The number of Topliss-reactive ketones (excluding diaryl/α,β-unsaturated/α-hetero) is 1. The van der Waals surface area contributed by atoms with Crippen LogP contribution >= 0.6 is 11.6 Å². The SMILES string of the molecule is CCOc1cc(C2C(=C(O)c3ccc(Cl)cc3)C(=O)C(=O)N2CCN2CCOCC2)ccc1O. The Morgan fingerprint density at radius 1 is 1.12 bits per heavy atom. The van der Waals surface area contributed by atoms with E-state index in [-0.39, 0.29) is 29.4 Å². The summed E-state index contributed by atoms with van der Waals surface area (Å²) in [5.41, 5.74) is 0.921. The summed E-state index contributed by atoms with van der Waals surface area (Å²) in [6.07, 6.45) is 0. The molecule has 1 amide bonds. The minimum Gasteiger partial charge on any atom is -0.507 e. The fourth-order valence-electron chi connectivity index (χ4n) is 4.27. The first-order chi connectivity index (χ1) is 16.4. The first kappa shape index (κ1) is 24.1. The minimum absolute atomic E-state index is 0.0116. The van der Waals surface area contributed by atoms with Crippen LogP contribution in [0.4, 0.5) is 0 Å². The third-order valence-electron chi connectivity index (χ3n) is 6.02. The summed E-state index contributed by atoms with van der Waals surface area (Å²) in [5, 5.41) is 21.8. The maximum Gasteiger partial charge on any atom is 0.295 e. The number of aromatic hydroxyl groups is 1. The van der Waals surface area contributed by atoms with Crippen molar-refractivity contribution in [2.75, 3.05) is 46.0 Å². The Morgan fingerprint density at radius 2 is 1.82 bits per heavy atom. The van der Waals surface area contributed by atoms with Gasteiger partial charge in [-0.3, -0.25) is 14.5 Å². The third kappa shape index (κ3) is 4.89. The number of halogens is 1. The van der Waals surface area contributed by atoms with E-state index in [9.17, 15) is 19.8 Å². The standard InChI is InChI=1S/C25H27ClN2O6/c1-2-34-20-15-17(5-8-19(20)29)22-21(23(30)16-3-6-18(26)7-4-16)24(31)25(32)28(22)10-9-27-11-13-33-14-12-27/h3-8,15,22,29-30H,2,9-14H2,1H3. The van der Waals surface area contributed by atoms with Crippen molar-refractivity contribution in [2.24, 2.45) is 0 Å². The van der Waals surface area contributed by atoms with Crippen LogP contribution in [0.1, 0.15) is 24.1 Å². The number of carbonyl (C=O) groups excluding carboxylic acids is 2. The molecular weight excluding hydrogens is 460 g/mol. The number of aliphatic hydroxyl groups excluding tert-OH is 1. The van der Waals surface area contributed by atoms with Gasteiger partial charge in [0.25, 0.3) is 11.7 Å². The predicted molar refractivity (Wildman–Crippen MR) is 127 cm³/mol. The molecule has 34 heavy (non-hydrogen) atoms. The summed E-state index contributed by atoms with van der Waals surface area (Å²) in [7, 11) is 0. The lowest BCUT2D eigenvalue weighted by atomic mass is 9.95. The maximum absolute atomic E-state index is 13.2. The molecule has 1 atom stereocenters. The molecule has 0 bridgehead atoms. The second-order valence-electron chi connectivity index (χ2n) is 8.11. The van der Waals surface area contributed by atoms with Crippen molar-refractivity contribution >= 4 is 29.1 Å². The van der Waals surface area contributed by atoms with Crippen molar-refractivity contribution in [3.8, 4) is 11.5 Å². The molecule has 2 aliphatic heterocycles. The van der Waals surface area contributed by atoms with Crippen molar-refractivity contribution in [3.63, 3.8) is 0 Å². The van der Waals surface area contributed by atoms with Gasteiger partial charge in [0.15, 0.2) is 11.5 Å². The van der Waals surface area contributed by atoms with Crippen LogP contribution in [0.2, 0.25) is 5.02 Å². The Hall–Kier alpha value is -3.07. The van der Waals surface area contributed by atoms with E-state index in [2.05, 4.69) is 4.90 Å². The highest BCUT2D eigenvalue weighted by atomic mass is 35.5. The molecule has 2 aliphatic rings. The number of hydrogen-bond donors (Lipinski definition) is 2. The number of hydrogen-bond acceptors (Lipinski definition) is 7. The van der Waals surface area contributed by atoms with E-state index in [1.54, 1.807) is 43.3 Å². The first-order valence-corrected chi connectivity index (χ1v) is 11.6. The molecule has 8 nitrogen and oxygen atoms in total. The normalized spacial score (nSPS) is 20.6. The molecule has 2 N–H and O–H groups in total. The summed E-state index contributed by atoms with van der Waals surface area (Å²) in [4.78, 5) is 29.9. The van der Waals surface area contributed by atoms with Gasteiger partial charge in [-0.15, -0.1) is 0 Å². The molecule has 1 unspecified atom stereocenters. The van der Waals surface area contributed by atoms with E-state index in [0.29, 0.717) is 42.5 Å². The van der Waals surface area contributed by atoms with Gasteiger partial charge in [0.05, 0.1) is 31.4 Å². The number of ketones is 1. The highest BCUT2D eigenvalue weighted by molar-refractivity contribution is 6.46. The van der Waals surface area contributed by atoms with Gasteiger partial charge in [-0.25, -0.2) is 0 Å². The van der Waals surface area contributed by atoms with Crippen molar-refractivity contribution in [2.45, 2.75) is 13.0 Å². The molecule has 0 saturated carbocycles. The predicted octanol–water partition coefficient (Wildman–Crippen LogP) is 3.20. The minimum atomic E-state index is -0.837. The number of rotatable bonds is 7. The second kappa shape index (κ2) is 10.5. The lowest BCUT2D eigenvalue weighted by Gasteiger charge is -2.31. The zero-order valence-electron chi connectivity index (χ0n) is 18.9. The monoisotopic (exact) mass is 486 g/mol. The molecule has 4 rings (SSSR count). The van der Waals surface area contributed by atoms with Crippen molar-refractivity contribution < 1.29 is 29.3 Å². The number of likely N-dealkylation sites (tertiary alicyclic amines) is 1. The average Bonchev–Trinajstić information content (AvgIpc) is 3.10. The highest BCUT2D eigenvalue weighted by Gasteiger charge is 2.46. The number of morpholine rings is 1. The quantitative estimate of drug-likeness (QED) is 0.352. The van der Waals surface area contributed by atoms with Crippen LogP contribution in [0.5, 0.6) is 11.5 Å². The lowest BCUT2D eigenvalue weighted by Crippen LogP contribution is -2.42. The van der Waals surface area contributed by atoms with Gasteiger partial charge < -0.3 is 24.6 Å². The number of amides is 1. The first-order valence-electron chi connectivity index (χ1n) is 11.2. The zero-order chi connectivity index (χ0) is 24.2. The summed E-state index contributed by atoms with van der Waals surface area (Å²) in [6.45, 7) is 5.70. The van der Waals surface area contributed by atoms with Gasteiger partial charge in [-0.05, 0) is 48.9 Å². The van der Waals surface area contributed by atoms with Crippen molar-refractivity contribution in [3.05, 3.63) is 64.2 Å². The molecule has 2 heterocycles. The van der Waals surface area contributed by atoms with E-state index in [1.807, 2.05) is 0 Å². The van der Waals surface area contributed by atoms with Gasteiger partial charge in [-0.1, -0.05) is 17.7 Å². The Balaban J connectivity index is 1.76. The van der Waals surface area contributed by atoms with Crippen LogP contribution < -0.4 is 4.74 Å². The number of phenolic OH excluding ortho intramolecular Hbond substituents is 1. The van der Waals surface area contributed by atoms with Gasteiger partial charge in [0.1, 0.15) is 5.76 Å². The van der Waals surface area contributed by atoms with Crippen molar-refractivity contribution in [1.29, 1.82) is 0 Å². The van der Waals surface area contributed by atoms with Crippen LogP contribution in [0.3, 0.4) is 0 Å². The second-order valence-corrected chi connectivity index (χ2v) is 8.55. The van der Waals surface area contributed by atoms with Gasteiger partial charge in [0, 0.05) is 36.8 Å². The number of aliphatic hydroxyl groups is 1. The number of phenols is 1. The summed E-state index contributed by atoms with van der Waals surface area (Å²) in [5.74, 6) is -1.52. The Bertz CT molecular complexity index is 1100. The molecule has 0 spiro atoms. The average molecular weight is 487 g/mol. The lowest BCUT2D eigenvalue weighted by molar-refractivity contribution is -0.140. The van der Waals surface area contributed by atoms with Gasteiger partial charge >= 0.3 is 0 Å². The smallest absolute Gasteiger partial charge is 0.295 e. The van der Waals surface area contributed by atoms with Crippen LogP contribution in [-0.4, -0.2) is 77.7 Å². The van der Waals surface area contributed by atoms with E-state index in [0.717, 1.165) is 13.1 Å². The van der Waals surface area contributed by atoms with Crippen LogP contribution in [0.15, 0.2) is 48.0 Å². The Labute approximate surface area is 202 Å². The fourth-order valence-corrected chi connectivity index (χ4v) is 4.39. The van der Waals surface area contributed by atoms with E-state index < -0.39 is 17.7 Å². The van der Waals surface area contributed by atoms with E-state index in [4.69, 9.17) is 21.1 Å². The highest BCUT2D eigenvalue weighted by Crippen LogP contribution is 2.41. The van der Waals surface area contributed by atoms with E-state index in [1.165, 1.54) is 11.0 Å². The van der Waals surface area contributed by atoms with Gasteiger partial charge in [0.2, 0.25) is 0 Å². The number of ether oxygens (including phenoxy) is 2. The fraction of sp³-hybridized carbons (Fsp3) is 0.360. The maximum atomic E-state index is 13.2. The molecule has 0 aliphatic carbocycles. The molecule has 2 saturated heterocycles. The summed E-state index contributed by atoms with van der Waals surface area (Å²) in [6, 6.07) is 10.3. The topological polar surface area (TPSA) is 99.5 Å². The summed E-state index contributed by atoms with van der Waals surface area (Å²) < 4.78 is 10.9. The largest absolute Gasteiger partial charge is 0.507 e. The van der Waals surface area contributed by atoms with Crippen LogP contribution in [0.25, 0.3) is 5.76 Å². The molecule has 2 aromatic carbocycles. The Kier molecular flexibility index (Phi) is 7.41. The van der Waals surface area contributed by atoms with Crippen LogP contribution in [-0.2, 0) is 14.3 Å². The molecule has 9 heteroatoms. The van der Waals surface area contributed by atoms with Crippen LogP contribution in [0, 0.1) is 0 Å². The number of nitrogens with zero attached hydrogens (tertiary/aromatic N) is 2. The Morgan fingerprint density at radius 3 is 2.50 bits per heavy atom. The van der Waals surface area contributed by atoms with Gasteiger partial charge in [-0.2, -0.15) is 0 Å². The number of carbonyl (C=O) groups is 2. The summed E-state index contributed by atoms with van der Waals surface area (Å²) >= 11 is 5.97.